The highest BCUT2D eigenvalue weighted by atomic mass is 19.1. The lowest BCUT2D eigenvalue weighted by Crippen LogP contribution is -2.24. The van der Waals surface area contributed by atoms with Crippen LogP contribution in [-0.2, 0) is 11.2 Å². The minimum atomic E-state index is -0.186. The van der Waals surface area contributed by atoms with Crippen LogP contribution in [0.1, 0.15) is 32.8 Å². The third-order valence-electron chi connectivity index (χ3n) is 2.81. The van der Waals surface area contributed by atoms with E-state index in [-0.39, 0.29) is 11.4 Å². The van der Waals surface area contributed by atoms with Crippen LogP contribution in [0.3, 0.4) is 0 Å². The molecule has 1 aromatic carbocycles. The van der Waals surface area contributed by atoms with Gasteiger partial charge in [0.05, 0.1) is 5.60 Å². The van der Waals surface area contributed by atoms with E-state index in [2.05, 4.69) is 0 Å². The van der Waals surface area contributed by atoms with Crippen molar-refractivity contribution in [3.8, 4) is 0 Å². The molecule has 0 aromatic heterocycles. The average molecular weight is 253 g/mol. The molecule has 0 aliphatic rings. The van der Waals surface area contributed by atoms with E-state index in [0.717, 1.165) is 18.4 Å². The number of ether oxygens (including phenoxy) is 1. The Bertz CT molecular complexity index is 360. The highest BCUT2D eigenvalue weighted by Crippen LogP contribution is 2.15. The van der Waals surface area contributed by atoms with Gasteiger partial charge < -0.3 is 10.5 Å². The van der Waals surface area contributed by atoms with Crippen LogP contribution < -0.4 is 5.73 Å². The molecule has 102 valence electrons. The minimum Gasteiger partial charge on any atom is -0.376 e. The summed E-state index contributed by atoms with van der Waals surface area (Å²) in [6.45, 7) is 7.41. The Kier molecular flexibility index (Phi) is 5.76. The van der Waals surface area contributed by atoms with E-state index in [0.29, 0.717) is 19.1 Å². The normalized spacial score (nSPS) is 13.6. The predicted molar refractivity (Wildman–Crippen MR) is 73.0 cm³/mol. The lowest BCUT2D eigenvalue weighted by Gasteiger charge is -2.22. The van der Waals surface area contributed by atoms with E-state index in [1.165, 1.54) is 6.07 Å². The minimum absolute atomic E-state index is 0.113. The molecule has 0 spiro atoms. The first-order valence-corrected chi connectivity index (χ1v) is 6.49. The Morgan fingerprint density at radius 3 is 2.61 bits per heavy atom. The number of nitrogens with two attached hydrogens (primary N) is 1. The molecular weight excluding hydrogens is 229 g/mol. The van der Waals surface area contributed by atoms with Gasteiger partial charge >= 0.3 is 0 Å². The van der Waals surface area contributed by atoms with Crippen LogP contribution >= 0.6 is 0 Å². The van der Waals surface area contributed by atoms with Gasteiger partial charge in [0.25, 0.3) is 0 Å². The summed E-state index contributed by atoms with van der Waals surface area (Å²) in [6.07, 6.45) is 1.71. The predicted octanol–water partition coefficient (Wildman–Crippen LogP) is 3.15. The van der Waals surface area contributed by atoms with Gasteiger partial charge in [0.1, 0.15) is 5.82 Å². The Labute approximate surface area is 109 Å². The molecule has 2 nitrogen and oxygen atoms in total. The van der Waals surface area contributed by atoms with E-state index in [9.17, 15) is 4.39 Å². The largest absolute Gasteiger partial charge is 0.376 e. The van der Waals surface area contributed by atoms with E-state index < -0.39 is 0 Å². The van der Waals surface area contributed by atoms with Crippen molar-refractivity contribution in [1.29, 1.82) is 0 Å². The fraction of sp³-hybridized carbons (Fsp3) is 0.600. The van der Waals surface area contributed by atoms with Gasteiger partial charge in [-0.25, -0.2) is 4.39 Å². The molecule has 0 saturated heterocycles. The number of halogens is 1. The number of rotatable bonds is 6. The summed E-state index contributed by atoms with van der Waals surface area (Å²) < 4.78 is 18.8. The van der Waals surface area contributed by atoms with Gasteiger partial charge in [0.15, 0.2) is 0 Å². The molecule has 0 fully saturated rings. The van der Waals surface area contributed by atoms with Crippen LogP contribution in [-0.4, -0.2) is 18.8 Å². The Hall–Kier alpha value is -0.930. The fourth-order valence-electron chi connectivity index (χ4n) is 1.83. The highest BCUT2D eigenvalue weighted by molar-refractivity contribution is 5.16. The van der Waals surface area contributed by atoms with Crippen molar-refractivity contribution in [3.63, 3.8) is 0 Å². The third-order valence-corrected chi connectivity index (χ3v) is 2.81. The second-order valence-electron chi connectivity index (χ2n) is 5.69. The van der Waals surface area contributed by atoms with E-state index in [1.54, 1.807) is 12.1 Å². The molecule has 3 heteroatoms. The molecule has 0 aliphatic carbocycles. The molecule has 0 amide bonds. The van der Waals surface area contributed by atoms with Crippen LogP contribution in [0.15, 0.2) is 24.3 Å². The molecule has 18 heavy (non-hydrogen) atoms. The van der Waals surface area contributed by atoms with Gasteiger partial charge in [-0.3, -0.25) is 0 Å². The molecule has 1 rings (SSSR count). The topological polar surface area (TPSA) is 35.2 Å². The molecule has 2 N–H and O–H groups in total. The summed E-state index contributed by atoms with van der Waals surface area (Å²) in [5, 5.41) is 0. The van der Waals surface area contributed by atoms with Crippen molar-refractivity contribution in [2.45, 2.75) is 39.2 Å². The SMILES string of the molecule is CC(C)(C)OCCC(CN)Cc1cccc(F)c1. The molecule has 1 unspecified atom stereocenters. The summed E-state index contributed by atoms with van der Waals surface area (Å²) >= 11 is 0. The maximum atomic E-state index is 13.1. The first kappa shape index (κ1) is 15.1. The number of hydrogen-bond donors (Lipinski definition) is 1. The lowest BCUT2D eigenvalue weighted by atomic mass is 9.96. The summed E-state index contributed by atoms with van der Waals surface area (Å²) in [4.78, 5) is 0. The summed E-state index contributed by atoms with van der Waals surface area (Å²) in [6, 6.07) is 6.72. The standard InChI is InChI=1S/C15H24FNO/c1-15(2,3)18-8-7-13(11-17)9-12-5-4-6-14(16)10-12/h4-6,10,13H,7-9,11,17H2,1-3H3. The molecule has 1 aromatic rings. The van der Waals surface area contributed by atoms with Gasteiger partial charge in [0.2, 0.25) is 0 Å². The van der Waals surface area contributed by atoms with E-state index >= 15 is 0 Å². The maximum Gasteiger partial charge on any atom is 0.123 e. The fourth-order valence-corrected chi connectivity index (χ4v) is 1.83. The molecule has 1 atom stereocenters. The lowest BCUT2D eigenvalue weighted by molar-refractivity contribution is -0.00886. The highest BCUT2D eigenvalue weighted by Gasteiger charge is 2.13. The van der Waals surface area contributed by atoms with Crippen LogP contribution in [0.4, 0.5) is 4.39 Å². The Balaban J connectivity index is 2.42. The molecule has 0 aliphatic heterocycles. The van der Waals surface area contributed by atoms with Crippen molar-refractivity contribution in [1.82, 2.24) is 0 Å². The van der Waals surface area contributed by atoms with Crippen molar-refractivity contribution in [2.75, 3.05) is 13.2 Å². The maximum absolute atomic E-state index is 13.1. The second kappa shape index (κ2) is 6.86. The monoisotopic (exact) mass is 253 g/mol. The second-order valence-corrected chi connectivity index (χ2v) is 5.69. The van der Waals surface area contributed by atoms with Crippen molar-refractivity contribution in [2.24, 2.45) is 11.7 Å². The molecule has 0 heterocycles. The van der Waals surface area contributed by atoms with E-state index in [4.69, 9.17) is 10.5 Å². The van der Waals surface area contributed by atoms with Gasteiger partial charge in [-0.2, -0.15) is 0 Å². The van der Waals surface area contributed by atoms with Gasteiger partial charge in [0, 0.05) is 6.61 Å². The third kappa shape index (κ3) is 6.12. The van der Waals surface area contributed by atoms with Gasteiger partial charge in [-0.05, 0) is 63.8 Å². The van der Waals surface area contributed by atoms with Crippen molar-refractivity contribution >= 4 is 0 Å². The van der Waals surface area contributed by atoms with Crippen LogP contribution in [0.2, 0.25) is 0 Å². The van der Waals surface area contributed by atoms with Crippen LogP contribution in [0.25, 0.3) is 0 Å². The molecule has 0 radical (unpaired) electrons. The smallest absolute Gasteiger partial charge is 0.123 e. The van der Waals surface area contributed by atoms with Gasteiger partial charge in [-0.1, -0.05) is 12.1 Å². The van der Waals surface area contributed by atoms with Crippen molar-refractivity contribution < 1.29 is 9.13 Å². The van der Waals surface area contributed by atoms with Gasteiger partial charge in [-0.15, -0.1) is 0 Å². The van der Waals surface area contributed by atoms with E-state index in [1.807, 2.05) is 26.8 Å². The van der Waals surface area contributed by atoms with Crippen LogP contribution in [0.5, 0.6) is 0 Å². The summed E-state index contributed by atoms with van der Waals surface area (Å²) in [5.41, 5.74) is 6.65. The first-order chi connectivity index (χ1) is 8.40. The number of hydrogen-bond acceptors (Lipinski definition) is 2. The summed E-state index contributed by atoms with van der Waals surface area (Å²) in [7, 11) is 0. The first-order valence-electron chi connectivity index (χ1n) is 6.49. The average Bonchev–Trinajstić information content (AvgIpc) is 2.26. The molecular formula is C15H24FNO. The van der Waals surface area contributed by atoms with Crippen molar-refractivity contribution in [3.05, 3.63) is 35.6 Å². The zero-order valence-electron chi connectivity index (χ0n) is 11.6. The Morgan fingerprint density at radius 1 is 1.33 bits per heavy atom. The zero-order valence-corrected chi connectivity index (χ0v) is 11.6. The molecule has 0 bridgehead atoms. The quantitative estimate of drug-likeness (QED) is 0.845. The molecule has 0 saturated carbocycles. The number of benzene rings is 1. The summed E-state index contributed by atoms with van der Waals surface area (Å²) in [5.74, 6) is 0.156. The Morgan fingerprint density at radius 2 is 2.06 bits per heavy atom. The van der Waals surface area contributed by atoms with Crippen LogP contribution in [0, 0.1) is 11.7 Å². The zero-order chi connectivity index (χ0) is 13.6.